The van der Waals surface area contributed by atoms with E-state index in [0.717, 1.165) is 67.5 Å². The van der Waals surface area contributed by atoms with Crippen LogP contribution in [0.3, 0.4) is 0 Å². The Kier molecular flexibility index (Phi) is 6.82. The molecule has 0 atom stereocenters. The fourth-order valence-corrected chi connectivity index (χ4v) is 6.01. The molecule has 196 valence electrons. The van der Waals surface area contributed by atoms with E-state index in [-0.39, 0.29) is 0 Å². The zero-order chi connectivity index (χ0) is 26.1. The van der Waals surface area contributed by atoms with E-state index in [1.54, 1.807) is 6.33 Å². The van der Waals surface area contributed by atoms with Gasteiger partial charge in [-0.3, -0.25) is 9.69 Å². The van der Waals surface area contributed by atoms with Gasteiger partial charge in [0.25, 0.3) is 0 Å². The van der Waals surface area contributed by atoms with Gasteiger partial charge in [-0.2, -0.15) is 0 Å². The molecule has 0 spiro atoms. The molecule has 6 rings (SSSR count). The van der Waals surface area contributed by atoms with Gasteiger partial charge in [-0.25, -0.2) is 9.97 Å². The number of aldehydes is 1. The quantitative estimate of drug-likeness (QED) is 0.365. The predicted molar refractivity (Wildman–Crippen MR) is 150 cm³/mol. The number of para-hydroxylation sites is 1. The maximum Gasteiger partial charge on any atom is 0.153 e. The van der Waals surface area contributed by atoms with Crippen molar-refractivity contribution in [2.24, 2.45) is 0 Å². The maximum atomic E-state index is 12.0. The van der Waals surface area contributed by atoms with Gasteiger partial charge in [0.15, 0.2) is 6.29 Å². The minimum atomic E-state index is 0.357. The first-order valence-corrected chi connectivity index (χ1v) is 13.5. The molecule has 0 unspecified atom stereocenters. The highest BCUT2D eigenvalue weighted by atomic mass is 16.5. The second kappa shape index (κ2) is 10.6. The number of nitrogens with two attached hydrogens (primary N) is 1. The number of ether oxygens (including phenoxy) is 1. The molecule has 2 aromatic heterocycles. The molecular weight excluding hydrogens is 476 g/mol. The van der Waals surface area contributed by atoms with E-state index in [1.165, 1.54) is 12.8 Å². The Hall–Kier alpha value is -3.75. The molecule has 1 saturated carbocycles. The second-order valence-electron chi connectivity index (χ2n) is 10.5. The molecule has 2 N–H and O–H groups in total. The Morgan fingerprint density at radius 1 is 0.947 bits per heavy atom. The summed E-state index contributed by atoms with van der Waals surface area (Å²) in [7, 11) is 2.21. The summed E-state index contributed by atoms with van der Waals surface area (Å²) < 4.78 is 8.27. The molecule has 0 amide bonds. The van der Waals surface area contributed by atoms with Crippen LogP contribution in [-0.2, 0) is 0 Å². The fourth-order valence-electron chi connectivity index (χ4n) is 6.01. The van der Waals surface area contributed by atoms with Crippen LogP contribution in [0.5, 0.6) is 11.5 Å². The van der Waals surface area contributed by atoms with Crippen LogP contribution in [0.2, 0.25) is 0 Å². The number of nitrogens with zero attached hydrogens (tertiary/aromatic N) is 5. The van der Waals surface area contributed by atoms with Gasteiger partial charge in [-0.15, -0.1) is 0 Å². The molecule has 8 nitrogen and oxygen atoms in total. The van der Waals surface area contributed by atoms with Crippen molar-refractivity contribution < 1.29 is 9.53 Å². The fraction of sp³-hybridized carbons (Fsp3) is 0.367. The number of carbonyl (C=O) groups is 1. The lowest BCUT2D eigenvalue weighted by molar-refractivity contribution is 0.0828. The number of benzene rings is 2. The first-order chi connectivity index (χ1) is 18.6. The van der Waals surface area contributed by atoms with Crippen LogP contribution in [-0.4, -0.2) is 69.9 Å². The number of anilines is 1. The summed E-state index contributed by atoms with van der Waals surface area (Å²) in [5.41, 5.74) is 9.57. The van der Waals surface area contributed by atoms with E-state index in [9.17, 15) is 4.79 Å². The molecule has 1 aliphatic heterocycles. The zero-order valence-electron chi connectivity index (χ0n) is 21.8. The molecule has 4 aromatic rings. The third-order valence-electron chi connectivity index (χ3n) is 8.17. The third-order valence-corrected chi connectivity index (χ3v) is 8.17. The smallest absolute Gasteiger partial charge is 0.153 e. The highest BCUT2D eigenvalue weighted by Crippen LogP contribution is 2.40. The van der Waals surface area contributed by atoms with Crippen LogP contribution in [0.25, 0.3) is 22.2 Å². The normalized spacial score (nSPS) is 21.0. The third kappa shape index (κ3) is 4.77. The summed E-state index contributed by atoms with van der Waals surface area (Å²) in [5.74, 6) is 1.65. The molecule has 0 radical (unpaired) electrons. The average Bonchev–Trinajstić information content (AvgIpc) is 3.35. The van der Waals surface area contributed by atoms with Crippen molar-refractivity contribution in [2.45, 2.75) is 37.8 Å². The van der Waals surface area contributed by atoms with Gasteiger partial charge >= 0.3 is 0 Å². The topological polar surface area (TPSA) is 89.5 Å². The van der Waals surface area contributed by atoms with E-state index in [0.29, 0.717) is 35.0 Å². The largest absolute Gasteiger partial charge is 0.457 e. The second-order valence-corrected chi connectivity index (χ2v) is 10.5. The molecule has 38 heavy (non-hydrogen) atoms. The molecule has 2 aromatic carbocycles. The van der Waals surface area contributed by atoms with Crippen LogP contribution in [0, 0.1) is 0 Å². The molecule has 3 heterocycles. The lowest BCUT2D eigenvalue weighted by atomic mass is 9.89. The van der Waals surface area contributed by atoms with Crippen molar-refractivity contribution in [2.75, 3.05) is 39.0 Å². The van der Waals surface area contributed by atoms with Crippen LogP contribution in [0.15, 0.2) is 61.1 Å². The lowest BCUT2D eigenvalue weighted by Crippen LogP contribution is -2.49. The van der Waals surface area contributed by atoms with Crippen LogP contribution < -0.4 is 10.5 Å². The Labute approximate surface area is 223 Å². The number of nitrogen functional groups attached to an aromatic ring is 1. The number of fused-ring (bicyclic) bond motifs is 1. The number of carbonyl (C=O) groups excluding carboxylic acids is 1. The molecule has 0 bridgehead atoms. The van der Waals surface area contributed by atoms with Crippen LogP contribution >= 0.6 is 0 Å². The molecule has 1 aliphatic carbocycles. The summed E-state index contributed by atoms with van der Waals surface area (Å²) in [4.78, 5) is 26.1. The number of rotatable bonds is 6. The molecule has 2 aliphatic rings. The van der Waals surface area contributed by atoms with Crippen LogP contribution in [0.4, 0.5) is 5.82 Å². The highest BCUT2D eigenvalue weighted by molar-refractivity contribution is 6.01. The average molecular weight is 511 g/mol. The summed E-state index contributed by atoms with van der Waals surface area (Å²) >= 11 is 0. The molecule has 8 heteroatoms. The van der Waals surface area contributed by atoms with Gasteiger partial charge in [0.05, 0.1) is 10.9 Å². The minimum Gasteiger partial charge on any atom is -0.457 e. The summed E-state index contributed by atoms with van der Waals surface area (Å²) in [6.07, 6.45) is 9.11. The van der Waals surface area contributed by atoms with E-state index < -0.39 is 0 Å². The summed E-state index contributed by atoms with van der Waals surface area (Å²) in [5, 5.41) is 0.835. The summed E-state index contributed by atoms with van der Waals surface area (Å²) in [6.45, 7) is 4.63. The van der Waals surface area contributed by atoms with Crippen molar-refractivity contribution in [1.82, 2.24) is 24.3 Å². The minimum absolute atomic E-state index is 0.357. The molecule has 2 fully saturated rings. The van der Waals surface area contributed by atoms with E-state index in [2.05, 4.69) is 37.6 Å². The number of aromatic nitrogens is 3. The Morgan fingerprint density at radius 3 is 2.42 bits per heavy atom. The molecule has 1 saturated heterocycles. The van der Waals surface area contributed by atoms with Crippen molar-refractivity contribution in [1.29, 1.82) is 0 Å². The Bertz CT molecular complexity index is 1420. The van der Waals surface area contributed by atoms with Gasteiger partial charge in [-0.1, -0.05) is 24.3 Å². The highest BCUT2D eigenvalue weighted by Gasteiger charge is 2.30. The number of likely N-dealkylation sites (N-methyl/N-ethyl adjacent to an activating group) is 1. The number of hydrogen-bond acceptors (Lipinski definition) is 7. The lowest BCUT2D eigenvalue weighted by Gasteiger charge is -2.41. The SMILES string of the molecule is CN1CCN([C@H]2CC[C@H](n3cc(-c4ccc(Oc5ccccc5)c(C=O)c4)c4c(N)ncnc43)CC2)CC1. The van der Waals surface area contributed by atoms with Crippen molar-refractivity contribution in [3.05, 3.63) is 66.6 Å². The van der Waals surface area contributed by atoms with Gasteiger partial charge < -0.3 is 19.9 Å². The van der Waals surface area contributed by atoms with Gasteiger partial charge in [0.2, 0.25) is 0 Å². The first-order valence-electron chi connectivity index (χ1n) is 13.5. The van der Waals surface area contributed by atoms with E-state index >= 15 is 0 Å². The Balaban J connectivity index is 1.29. The predicted octanol–water partition coefficient (Wildman–Crippen LogP) is 5.02. The maximum absolute atomic E-state index is 12.0. The number of piperazine rings is 1. The van der Waals surface area contributed by atoms with E-state index in [4.69, 9.17) is 10.5 Å². The zero-order valence-corrected chi connectivity index (χ0v) is 21.8. The monoisotopic (exact) mass is 510 g/mol. The van der Waals surface area contributed by atoms with Crippen molar-refractivity contribution in [3.63, 3.8) is 0 Å². The van der Waals surface area contributed by atoms with Gasteiger partial charge in [0, 0.05) is 50.0 Å². The molecular formula is C30H34N6O2. The van der Waals surface area contributed by atoms with Gasteiger partial charge in [0.1, 0.15) is 29.3 Å². The summed E-state index contributed by atoms with van der Waals surface area (Å²) in [6, 6.07) is 16.2. The van der Waals surface area contributed by atoms with Crippen molar-refractivity contribution >= 4 is 23.1 Å². The first kappa shape index (κ1) is 24.6. The van der Waals surface area contributed by atoms with Crippen molar-refractivity contribution in [3.8, 4) is 22.6 Å². The van der Waals surface area contributed by atoms with Crippen LogP contribution in [0.1, 0.15) is 42.1 Å². The van der Waals surface area contributed by atoms with E-state index in [1.807, 2.05) is 48.5 Å². The standard InChI is InChI=1S/C30H34N6O2/c1-34-13-15-35(16-14-34)23-8-10-24(11-9-23)36-18-26(28-29(31)32-20-33-30(28)36)21-7-12-27(22(17-21)19-37)38-25-5-3-2-4-6-25/h2-7,12,17-20,23-24H,8-11,13-16H2,1H3,(H2,31,32,33)/t23-,24-. The van der Waals surface area contributed by atoms with Gasteiger partial charge in [-0.05, 0) is 62.6 Å². The number of hydrogen-bond donors (Lipinski definition) is 1. The Morgan fingerprint density at radius 2 is 1.68 bits per heavy atom.